The standard InChI is InChI=1S/C14H16N2O2/c1-16(14(17)6-7-15)10-11-4-5-13-12(9-11)3-2-8-18-13/h4-5,9H,2-3,6,8,10H2,1H3. The summed E-state index contributed by atoms with van der Waals surface area (Å²) in [6, 6.07) is 7.90. The van der Waals surface area contributed by atoms with Crippen molar-refractivity contribution in [2.24, 2.45) is 0 Å². The van der Waals surface area contributed by atoms with Gasteiger partial charge in [-0.05, 0) is 30.0 Å². The molecule has 0 atom stereocenters. The summed E-state index contributed by atoms with van der Waals surface area (Å²) < 4.78 is 5.55. The minimum Gasteiger partial charge on any atom is -0.493 e. The predicted molar refractivity (Wildman–Crippen MR) is 67.0 cm³/mol. The van der Waals surface area contributed by atoms with Crippen LogP contribution in [0.2, 0.25) is 0 Å². The van der Waals surface area contributed by atoms with Gasteiger partial charge in [0.1, 0.15) is 12.2 Å². The number of rotatable bonds is 3. The molecule has 0 aliphatic carbocycles. The zero-order chi connectivity index (χ0) is 13.0. The van der Waals surface area contributed by atoms with Crippen molar-refractivity contribution < 1.29 is 9.53 Å². The van der Waals surface area contributed by atoms with Gasteiger partial charge in [0.2, 0.25) is 5.91 Å². The average molecular weight is 244 g/mol. The van der Waals surface area contributed by atoms with Crippen LogP contribution in [0.4, 0.5) is 0 Å². The highest BCUT2D eigenvalue weighted by Gasteiger charge is 2.13. The van der Waals surface area contributed by atoms with Crippen LogP contribution in [0.25, 0.3) is 0 Å². The minimum atomic E-state index is -0.147. The van der Waals surface area contributed by atoms with E-state index in [0.29, 0.717) is 6.54 Å². The third kappa shape index (κ3) is 2.80. The molecule has 1 aromatic rings. The van der Waals surface area contributed by atoms with Crippen LogP contribution in [0.3, 0.4) is 0 Å². The van der Waals surface area contributed by atoms with Crippen LogP contribution in [-0.4, -0.2) is 24.5 Å². The van der Waals surface area contributed by atoms with Crippen molar-refractivity contribution in [2.45, 2.75) is 25.8 Å². The molecule has 1 aliphatic heterocycles. The third-order valence-corrected chi connectivity index (χ3v) is 3.05. The Bertz CT molecular complexity index is 491. The molecule has 0 unspecified atom stereocenters. The van der Waals surface area contributed by atoms with Crippen molar-refractivity contribution in [3.05, 3.63) is 29.3 Å². The highest BCUT2D eigenvalue weighted by molar-refractivity contribution is 5.77. The van der Waals surface area contributed by atoms with Gasteiger partial charge < -0.3 is 9.64 Å². The fraction of sp³-hybridized carbons (Fsp3) is 0.429. The highest BCUT2D eigenvalue weighted by Crippen LogP contribution is 2.25. The second kappa shape index (κ2) is 5.54. The van der Waals surface area contributed by atoms with Gasteiger partial charge >= 0.3 is 0 Å². The Balaban J connectivity index is 2.06. The number of amides is 1. The zero-order valence-corrected chi connectivity index (χ0v) is 10.5. The fourth-order valence-electron chi connectivity index (χ4n) is 2.08. The van der Waals surface area contributed by atoms with E-state index in [1.54, 1.807) is 11.9 Å². The molecule has 4 heteroatoms. The van der Waals surface area contributed by atoms with Gasteiger partial charge in [0, 0.05) is 13.6 Å². The van der Waals surface area contributed by atoms with Crippen LogP contribution in [0, 0.1) is 11.3 Å². The van der Waals surface area contributed by atoms with Crippen LogP contribution in [0.1, 0.15) is 24.0 Å². The molecule has 0 aromatic heterocycles. The molecule has 18 heavy (non-hydrogen) atoms. The highest BCUT2D eigenvalue weighted by atomic mass is 16.5. The first-order valence-corrected chi connectivity index (χ1v) is 6.06. The second-order valence-electron chi connectivity index (χ2n) is 4.48. The molecular formula is C14H16N2O2. The lowest BCUT2D eigenvalue weighted by Gasteiger charge is -2.20. The van der Waals surface area contributed by atoms with Crippen molar-refractivity contribution in [2.75, 3.05) is 13.7 Å². The van der Waals surface area contributed by atoms with Gasteiger partial charge in [-0.2, -0.15) is 5.26 Å². The molecule has 0 bridgehead atoms. The Kier molecular flexibility index (Phi) is 3.83. The summed E-state index contributed by atoms with van der Waals surface area (Å²) in [5.41, 5.74) is 2.29. The predicted octanol–water partition coefficient (Wildman–Crippen LogP) is 1.88. The molecule has 1 heterocycles. The molecule has 1 amide bonds. The van der Waals surface area contributed by atoms with Gasteiger partial charge in [0.25, 0.3) is 0 Å². The van der Waals surface area contributed by atoms with Crippen LogP contribution in [-0.2, 0) is 17.8 Å². The lowest BCUT2D eigenvalue weighted by Crippen LogP contribution is -2.25. The van der Waals surface area contributed by atoms with E-state index in [4.69, 9.17) is 10.00 Å². The van der Waals surface area contributed by atoms with E-state index < -0.39 is 0 Å². The van der Waals surface area contributed by atoms with Gasteiger partial charge in [-0.3, -0.25) is 4.79 Å². The maximum Gasteiger partial charge on any atom is 0.236 e. The van der Waals surface area contributed by atoms with Gasteiger partial charge in [0.05, 0.1) is 12.7 Å². The van der Waals surface area contributed by atoms with E-state index in [-0.39, 0.29) is 12.3 Å². The summed E-state index contributed by atoms with van der Waals surface area (Å²) in [6.07, 6.45) is 2.00. The third-order valence-electron chi connectivity index (χ3n) is 3.05. The second-order valence-corrected chi connectivity index (χ2v) is 4.48. The Hall–Kier alpha value is -2.02. The van der Waals surface area contributed by atoms with E-state index in [9.17, 15) is 4.79 Å². The van der Waals surface area contributed by atoms with Crippen molar-refractivity contribution in [3.8, 4) is 11.8 Å². The van der Waals surface area contributed by atoms with Crippen molar-refractivity contribution >= 4 is 5.91 Å². The van der Waals surface area contributed by atoms with Crippen LogP contribution in [0.5, 0.6) is 5.75 Å². The summed E-state index contributed by atoms with van der Waals surface area (Å²) in [4.78, 5) is 13.1. The van der Waals surface area contributed by atoms with Gasteiger partial charge in [-0.25, -0.2) is 0 Å². The first-order chi connectivity index (χ1) is 8.70. The molecule has 0 N–H and O–H groups in total. The average Bonchev–Trinajstić information content (AvgIpc) is 2.39. The number of carbonyl (C=O) groups is 1. The minimum absolute atomic E-state index is 0.0649. The van der Waals surface area contributed by atoms with E-state index in [1.165, 1.54) is 5.56 Å². The fourth-order valence-corrected chi connectivity index (χ4v) is 2.08. The number of carbonyl (C=O) groups excluding carboxylic acids is 1. The van der Waals surface area contributed by atoms with E-state index in [2.05, 4.69) is 6.07 Å². The normalized spacial score (nSPS) is 13.1. The maximum absolute atomic E-state index is 11.5. The molecule has 1 aromatic carbocycles. The Labute approximate surface area is 107 Å². The van der Waals surface area contributed by atoms with Crippen LogP contribution >= 0.6 is 0 Å². The Morgan fingerprint density at radius 3 is 3.17 bits per heavy atom. The maximum atomic E-state index is 11.5. The van der Waals surface area contributed by atoms with Crippen LogP contribution < -0.4 is 4.74 Å². The number of ether oxygens (including phenoxy) is 1. The first-order valence-electron chi connectivity index (χ1n) is 6.06. The van der Waals surface area contributed by atoms with Crippen molar-refractivity contribution in [3.63, 3.8) is 0 Å². The summed E-state index contributed by atoms with van der Waals surface area (Å²) >= 11 is 0. The Morgan fingerprint density at radius 2 is 2.39 bits per heavy atom. The largest absolute Gasteiger partial charge is 0.493 e. The van der Waals surface area contributed by atoms with Crippen molar-refractivity contribution in [1.82, 2.24) is 4.90 Å². The van der Waals surface area contributed by atoms with E-state index in [1.807, 2.05) is 18.2 Å². The van der Waals surface area contributed by atoms with E-state index >= 15 is 0 Å². The van der Waals surface area contributed by atoms with E-state index in [0.717, 1.165) is 30.8 Å². The van der Waals surface area contributed by atoms with Crippen LogP contribution in [0.15, 0.2) is 18.2 Å². The number of aryl methyl sites for hydroxylation is 1. The molecule has 94 valence electrons. The topological polar surface area (TPSA) is 53.3 Å². The van der Waals surface area contributed by atoms with Gasteiger partial charge in [0.15, 0.2) is 0 Å². The van der Waals surface area contributed by atoms with Gasteiger partial charge in [-0.15, -0.1) is 0 Å². The summed E-state index contributed by atoms with van der Waals surface area (Å²) in [5.74, 6) is 0.808. The zero-order valence-electron chi connectivity index (χ0n) is 10.5. The summed E-state index contributed by atoms with van der Waals surface area (Å²) in [6.45, 7) is 1.32. The monoisotopic (exact) mass is 244 g/mol. The molecule has 4 nitrogen and oxygen atoms in total. The number of benzene rings is 1. The lowest BCUT2D eigenvalue weighted by atomic mass is 10.0. The SMILES string of the molecule is CN(Cc1ccc2c(c1)CCCO2)C(=O)CC#N. The molecule has 0 fully saturated rings. The number of nitrogens with zero attached hydrogens (tertiary/aromatic N) is 2. The first kappa shape index (κ1) is 12.4. The summed E-state index contributed by atoms with van der Waals surface area (Å²) in [7, 11) is 1.72. The molecule has 2 rings (SSSR count). The van der Waals surface area contributed by atoms with Gasteiger partial charge in [-0.1, -0.05) is 12.1 Å². The molecule has 0 saturated heterocycles. The number of fused-ring (bicyclic) bond motifs is 1. The number of nitriles is 1. The molecule has 0 spiro atoms. The van der Waals surface area contributed by atoms with Crippen molar-refractivity contribution in [1.29, 1.82) is 5.26 Å². The quantitative estimate of drug-likeness (QED) is 0.815. The smallest absolute Gasteiger partial charge is 0.236 e. The molecule has 0 saturated carbocycles. The summed E-state index contributed by atoms with van der Waals surface area (Å²) in [5, 5.41) is 8.50. The molecule has 1 aliphatic rings. The Morgan fingerprint density at radius 1 is 1.56 bits per heavy atom. The lowest BCUT2D eigenvalue weighted by molar-refractivity contribution is -0.129. The molecular weight excluding hydrogens is 228 g/mol. The number of hydrogen-bond acceptors (Lipinski definition) is 3. The molecule has 0 radical (unpaired) electrons. The number of hydrogen-bond donors (Lipinski definition) is 0.